The first-order chi connectivity index (χ1) is 9.49. The predicted molar refractivity (Wildman–Crippen MR) is 78.5 cm³/mol. The van der Waals surface area contributed by atoms with Crippen molar-refractivity contribution in [1.82, 2.24) is 0 Å². The number of hydrogen-bond acceptors (Lipinski definition) is 2. The molecule has 20 heavy (non-hydrogen) atoms. The maximum absolute atomic E-state index is 14.1. The minimum atomic E-state index is -0.632. The number of nitrogens with two attached hydrogens (primary N) is 1. The highest BCUT2D eigenvalue weighted by atomic mass is 19.1. The molecular weight excluding hydrogens is 258 g/mol. The lowest BCUT2D eigenvalue weighted by molar-refractivity contribution is 0.555. The summed E-state index contributed by atoms with van der Waals surface area (Å²) in [6.45, 7) is 4.24. The van der Waals surface area contributed by atoms with E-state index in [0.29, 0.717) is 6.54 Å². The van der Waals surface area contributed by atoms with Crippen LogP contribution in [0.5, 0.6) is 0 Å². The van der Waals surface area contributed by atoms with Gasteiger partial charge in [0.2, 0.25) is 0 Å². The fraction of sp³-hybridized carbons (Fsp3) is 0.250. The van der Waals surface area contributed by atoms with Gasteiger partial charge in [-0.05, 0) is 31.5 Å². The Balaban J connectivity index is 2.39. The fourth-order valence-electron chi connectivity index (χ4n) is 2.16. The zero-order valence-electron chi connectivity index (χ0n) is 11.6. The molecule has 2 aromatic rings. The highest BCUT2D eigenvalue weighted by Gasteiger charge is 2.20. The van der Waals surface area contributed by atoms with E-state index in [9.17, 15) is 8.78 Å². The highest BCUT2D eigenvalue weighted by Crippen LogP contribution is 2.29. The Hall–Kier alpha value is -2.10. The molecule has 0 aromatic heterocycles. The monoisotopic (exact) mass is 276 g/mol. The van der Waals surface area contributed by atoms with Crippen molar-refractivity contribution in [2.45, 2.75) is 26.4 Å². The zero-order valence-corrected chi connectivity index (χ0v) is 11.6. The summed E-state index contributed by atoms with van der Waals surface area (Å²) < 4.78 is 28.1. The van der Waals surface area contributed by atoms with Gasteiger partial charge in [0.05, 0.1) is 0 Å². The van der Waals surface area contributed by atoms with Crippen LogP contribution in [0.25, 0.3) is 0 Å². The second kappa shape index (κ2) is 5.90. The van der Waals surface area contributed by atoms with Crippen LogP contribution in [0, 0.1) is 11.6 Å². The van der Waals surface area contributed by atoms with Crippen molar-refractivity contribution >= 4 is 11.4 Å². The van der Waals surface area contributed by atoms with Crippen LogP contribution in [0.15, 0.2) is 42.5 Å². The number of rotatable bonds is 4. The summed E-state index contributed by atoms with van der Waals surface area (Å²) in [7, 11) is 0. The van der Waals surface area contributed by atoms with Crippen LogP contribution in [0.3, 0.4) is 0 Å². The summed E-state index contributed by atoms with van der Waals surface area (Å²) in [4.78, 5) is 1.69. The van der Waals surface area contributed by atoms with E-state index in [1.165, 1.54) is 0 Å². The topological polar surface area (TPSA) is 29.3 Å². The third-order valence-electron chi connectivity index (χ3n) is 3.15. The lowest BCUT2D eigenvalue weighted by atomic mass is 10.1. The molecule has 106 valence electrons. The van der Waals surface area contributed by atoms with E-state index in [1.54, 1.807) is 4.90 Å². The van der Waals surface area contributed by atoms with Crippen molar-refractivity contribution in [2.24, 2.45) is 0 Å². The van der Waals surface area contributed by atoms with E-state index in [4.69, 9.17) is 5.73 Å². The standard InChI is InChI=1S/C16H18F2N2/c1-11(2)20(10-12-6-4-3-5-7-12)16-14(17)8-13(19)9-15(16)18/h3-9,11H,10,19H2,1-2H3. The van der Waals surface area contributed by atoms with Gasteiger partial charge >= 0.3 is 0 Å². The van der Waals surface area contributed by atoms with Crippen LogP contribution in [-0.2, 0) is 6.54 Å². The van der Waals surface area contributed by atoms with Gasteiger partial charge in [0.25, 0.3) is 0 Å². The lowest BCUT2D eigenvalue weighted by Gasteiger charge is -2.30. The zero-order chi connectivity index (χ0) is 14.7. The summed E-state index contributed by atoms with van der Waals surface area (Å²) in [5, 5.41) is 0. The number of benzene rings is 2. The molecule has 0 aliphatic heterocycles. The molecule has 0 atom stereocenters. The Morgan fingerprint density at radius 2 is 1.60 bits per heavy atom. The van der Waals surface area contributed by atoms with Crippen molar-refractivity contribution < 1.29 is 8.78 Å². The maximum Gasteiger partial charge on any atom is 0.151 e. The van der Waals surface area contributed by atoms with Gasteiger partial charge in [-0.25, -0.2) is 8.78 Å². The Kier molecular flexibility index (Phi) is 4.23. The smallest absolute Gasteiger partial charge is 0.151 e. The predicted octanol–water partition coefficient (Wildman–Crippen LogP) is 3.96. The van der Waals surface area contributed by atoms with Gasteiger partial charge < -0.3 is 10.6 Å². The van der Waals surface area contributed by atoms with E-state index in [-0.39, 0.29) is 17.4 Å². The second-order valence-electron chi connectivity index (χ2n) is 5.04. The number of nitrogen functional groups attached to an aromatic ring is 1. The highest BCUT2D eigenvalue weighted by molar-refractivity contribution is 5.56. The molecule has 0 amide bonds. The average Bonchev–Trinajstić information content (AvgIpc) is 2.37. The van der Waals surface area contributed by atoms with E-state index in [1.807, 2.05) is 44.2 Å². The van der Waals surface area contributed by atoms with Gasteiger partial charge in [0.1, 0.15) is 5.69 Å². The van der Waals surface area contributed by atoms with Crippen LogP contribution in [-0.4, -0.2) is 6.04 Å². The molecule has 0 aliphatic rings. The first-order valence-corrected chi connectivity index (χ1v) is 6.54. The third-order valence-corrected chi connectivity index (χ3v) is 3.15. The molecule has 0 saturated heterocycles. The van der Waals surface area contributed by atoms with Crippen molar-refractivity contribution in [2.75, 3.05) is 10.6 Å². The SMILES string of the molecule is CC(C)N(Cc1ccccc1)c1c(F)cc(N)cc1F. The Labute approximate surface area is 117 Å². The average molecular weight is 276 g/mol. The van der Waals surface area contributed by atoms with Gasteiger partial charge in [-0.3, -0.25) is 0 Å². The summed E-state index contributed by atoms with van der Waals surface area (Å²) in [6.07, 6.45) is 0. The van der Waals surface area contributed by atoms with Crippen LogP contribution >= 0.6 is 0 Å². The van der Waals surface area contributed by atoms with Gasteiger partial charge in [-0.2, -0.15) is 0 Å². The fourth-order valence-corrected chi connectivity index (χ4v) is 2.16. The molecule has 2 aromatic carbocycles. The van der Waals surface area contributed by atoms with Gasteiger partial charge in [0.15, 0.2) is 11.6 Å². The molecule has 0 unspecified atom stereocenters. The van der Waals surface area contributed by atoms with Crippen molar-refractivity contribution in [3.8, 4) is 0 Å². The number of nitrogens with zero attached hydrogens (tertiary/aromatic N) is 1. The van der Waals surface area contributed by atoms with Crippen LogP contribution in [0.2, 0.25) is 0 Å². The molecule has 0 bridgehead atoms. The number of halogens is 2. The van der Waals surface area contributed by atoms with E-state index in [0.717, 1.165) is 17.7 Å². The molecule has 0 fully saturated rings. The first kappa shape index (κ1) is 14.3. The normalized spacial score (nSPS) is 10.8. The Bertz CT molecular complexity index is 559. The largest absolute Gasteiger partial charge is 0.399 e. The number of anilines is 2. The molecule has 2 rings (SSSR count). The summed E-state index contributed by atoms with van der Waals surface area (Å²) in [5.41, 5.74) is 6.52. The maximum atomic E-state index is 14.1. The molecule has 0 heterocycles. The molecular formula is C16H18F2N2. The Morgan fingerprint density at radius 3 is 2.10 bits per heavy atom. The van der Waals surface area contributed by atoms with Crippen molar-refractivity contribution in [3.05, 3.63) is 59.7 Å². The summed E-state index contributed by atoms with van der Waals surface area (Å²) in [6, 6.07) is 11.9. The molecule has 2 N–H and O–H groups in total. The van der Waals surface area contributed by atoms with Crippen molar-refractivity contribution in [1.29, 1.82) is 0 Å². The van der Waals surface area contributed by atoms with Gasteiger partial charge in [0, 0.05) is 18.3 Å². The molecule has 4 heteroatoms. The lowest BCUT2D eigenvalue weighted by Crippen LogP contribution is -2.31. The minimum Gasteiger partial charge on any atom is -0.399 e. The van der Waals surface area contributed by atoms with Crippen LogP contribution in [0.4, 0.5) is 20.2 Å². The van der Waals surface area contributed by atoms with E-state index < -0.39 is 11.6 Å². The first-order valence-electron chi connectivity index (χ1n) is 6.54. The van der Waals surface area contributed by atoms with Crippen LogP contribution < -0.4 is 10.6 Å². The molecule has 0 saturated carbocycles. The second-order valence-corrected chi connectivity index (χ2v) is 5.04. The molecule has 2 nitrogen and oxygen atoms in total. The Morgan fingerprint density at radius 1 is 1.05 bits per heavy atom. The molecule has 0 radical (unpaired) electrons. The molecule has 0 spiro atoms. The van der Waals surface area contributed by atoms with Gasteiger partial charge in [-0.1, -0.05) is 30.3 Å². The van der Waals surface area contributed by atoms with Gasteiger partial charge in [-0.15, -0.1) is 0 Å². The number of hydrogen-bond donors (Lipinski definition) is 1. The summed E-state index contributed by atoms with van der Waals surface area (Å²) >= 11 is 0. The van der Waals surface area contributed by atoms with E-state index in [2.05, 4.69) is 0 Å². The van der Waals surface area contributed by atoms with E-state index >= 15 is 0 Å². The molecule has 0 aliphatic carbocycles. The quantitative estimate of drug-likeness (QED) is 0.856. The minimum absolute atomic E-state index is 0.0296. The van der Waals surface area contributed by atoms with Crippen molar-refractivity contribution in [3.63, 3.8) is 0 Å². The third kappa shape index (κ3) is 3.07. The van der Waals surface area contributed by atoms with Crippen LogP contribution in [0.1, 0.15) is 19.4 Å². The summed E-state index contributed by atoms with van der Waals surface area (Å²) in [5.74, 6) is -1.26.